The van der Waals surface area contributed by atoms with E-state index < -0.39 is 0 Å². The van der Waals surface area contributed by atoms with Crippen LogP contribution < -0.4 is 10.5 Å². The van der Waals surface area contributed by atoms with Gasteiger partial charge in [-0.1, -0.05) is 6.92 Å². The Labute approximate surface area is 96.2 Å². The van der Waals surface area contributed by atoms with E-state index in [0.29, 0.717) is 0 Å². The van der Waals surface area contributed by atoms with Gasteiger partial charge in [-0.3, -0.25) is 0 Å². The number of methoxy groups -OCH3 is 1. The van der Waals surface area contributed by atoms with Gasteiger partial charge in [0.1, 0.15) is 6.33 Å². The van der Waals surface area contributed by atoms with Crippen LogP contribution >= 0.6 is 0 Å². The third kappa shape index (κ3) is 2.32. The van der Waals surface area contributed by atoms with Gasteiger partial charge in [0.05, 0.1) is 18.5 Å². The van der Waals surface area contributed by atoms with Crippen LogP contribution in [0.5, 0.6) is 5.75 Å². The van der Waals surface area contributed by atoms with Gasteiger partial charge in [-0.25, -0.2) is 9.97 Å². The van der Waals surface area contributed by atoms with Gasteiger partial charge in [0.2, 0.25) is 0 Å². The third-order valence-corrected chi connectivity index (χ3v) is 3.24. The summed E-state index contributed by atoms with van der Waals surface area (Å²) in [6, 6.07) is 0. The minimum atomic E-state index is 0.0718. The van der Waals surface area contributed by atoms with E-state index >= 15 is 0 Å². The summed E-state index contributed by atoms with van der Waals surface area (Å²) in [5.41, 5.74) is 8.12. The molecular weight excluding hydrogens is 202 g/mol. The Morgan fingerprint density at radius 2 is 2.06 bits per heavy atom. The van der Waals surface area contributed by atoms with Gasteiger partial charge in [0.15, 0.2) is 5.75 Å². The molecule has 1 aromatic heterocycles. The van der Waals surface area contributed by atoms with Gasteiger partial charge in [-0.15, -0.1) is 0 Å². The van der Waals surface area contributed by atoms with E-state index in [1.807, 2.05) is 0 Å². The number of hydrogen-bond donors (Lipinski definition) is 1. The first kappa shape index (κ1) is 11.3. The maximum absolute atomic E-state index is 6.07. The van der Waals surface area contributed by atoms with Crippen molar-refractivity contribution < 1.29 is 4.74 Å². The molecule has 1 aliphatic carbocycles. The molecule has 0 aliphatic heterocycles. The van der Waals surface area contributed by atoms with Crippen molar-refractivity contribution >= 4 is 0 Å². The molecule has 0 bridgehead atoms. The standard InChI is InChI=1S/C12H19N3O/c1-3-9-11(16-2)10(15-8-14-9)4-5-12(13)6-7-12/h8H,3-7,13H2,1-2H3. The van der Waals surface area contributed by atoms with Gasteiger partial charge >= 0.3 is 0 Å². The van der Waals surface area contributed by atoms with Gasteiger partial charge in [-0.05, 0) is 32.1 Å². The molecule has 4 nitrogen and oxygen atoms in total. The molecule has 2 N–H and O–H groups in total. The van der Waals surface area contributed by atoms with E-state index in [9.17, 15) is 0 Å². The average Bonchev–Trinajstić information content (AvgIpc) is 3.04. The largest absolute Gasteiger partial charge is 0.493 e. The summed E-state index contributed by atoms with van der Waals surface area (Å²) in [4.78, 5) is 8.52. The normalized spacial score (nSPS) is 17.2. The number of rotatable bonds is 5. The van der Waals surface area contributed by atoms with Crippen LogP contribution in [0.3, 0.4) is 0 Å². The Bertz CT molecular complexity index is 375. The molecule has 0 spiro atoms. The fourth-order valence-electron chi connectivity index (χ4n) is 1.90. The van der Waals surface area contributed by atoms with Gasteiger partial charge in [0.25, 0.3) is 0 Å². The van der Waals surface area contributed by atoms with E-state index in [4.69, 9.17) is 10.5 Å². The highest BCUT2D eigenvalue weighted by molar-refractivity contribution is 5.32. The van der Waals surface area contributed by atoms with E-state index in [0.717, 1.165) is 49.2 Å². The van der Waals surface area contributed by atoms with Gasteiger partial charge in [-0.2, -0.15) is 0 Å². The summed E-state index contributed by atoms with van der Waals surface area (Å²) in [5.74, 6) is 0.842. The molecule has 0 radical (unpaired) electrons. The number of aryl methyl sites for hydroxylation is 2. The second-order valence-corrected chi connectivity index (χ2v) is 4.52. The highest BCUT2D eigenvalue weighted by atomic mass is 16.5. The van der Waals surface area contributed by atoms with Crippen molar-refractivity contribution in [1.82, 2.24) is 9.97 Å². The molecular formula is C12H19N3O. The molecule has 0 aromatic carbocycles. The quantitative estimate of drug-likeness (QED) is 0.818. The highest BCUT2D eigenvalue weighted by Crippen LogP contribution is 2.37. The zero-order valence-electron chi connectivity index (χ0n) is 9.99. The van der Waals surface area contributed by atoms with Gasteiger partial charge in [0, 0.05) is 5.54 Å². The summed E-state index contributed by atoms with van der Waals surface area (Å²) < 4.78 is 5.39. The summed E-state index contributed by atoms with van der Waals surface area (Å²) in [7, 11) is 1.68. The smallest absolute Gasteiger partial charge is 0.161 e. The van der Waals surface area contributed by atoms with Crippen molar-refractivity contribution in [3.05, 3.63) is 17.7 Å². The topological polar surface area (TPSA) is 61.0 Å². The van der Waals surface area contributed by atoms with Crippen molar-refractivity contribution in [3.63, 3.8) is 0 Å². The lowest BCUT2D eigenvalue weighted by atomic mass is 10.1. The summed E-state index contributed by atoms with van der Waals surface area (Å²) in [6.07, 6.45) is 6.64. The maximum Gasteiger partial charge on any atom is 0.161 e. The monoisotopic (exact) mass is 221 g/mol. The number of hydrogen-bond acceptors (Lipinski definition) is 4. The number of nitrogens with two attached hydrogens (primary N) is 1. The zero-order valence-corrected chi connectivity index (χ0v) is 9.99. The lowest BCUT2D eigenvalue weighted by molar-refractivity contribution is 0.396. The molecule has 1 aliphatic rings. The summed E-state index contributed by atoms with van der Waals surface area (Å²) in [6.45, 7) is 2.07. The molecule has 1 fully saturated rings. The van der Waals surface area contributed by atoms with Crippen LogP contribution in [0.4, 0.5) is 0 Å². The molecule has 88 valence electrons. The maximum atomic E-state index is 6.07. The van der Waals surface area contributed by atoms with E-state index in [1.54, 1.807) is 13.4 Å². The van der Waals surface area contributed by atoms with Crippen molar-refractivity contribution in [2.45, 2.75) is 44.6 Å². The first-order valence-corrected chi connectivity index (χ1v) is 5.84. The van der Waals surface area contributed by atoms with Crippen molar-refractivity contribution in [1.29, 1.82) is 0 Å². The molecule has 2 rings (SSSR count). The first-order valence-electron chi connectivity index (χ1n) is 5.84. The van der Waals surface area contributed by atoms with Crippen LogP contribution in [0.1, 0.15) is 37.6 Å². The highest BCUT2D eigenvalue weighted by Gasteiger charge is 2.37. The van der Waals surface area contributed by atoms with Crippen LogP contribution in [0.2, 0.25) is 0 Å². The number of ether oxygens (including phenoxy) is 1. The molecule has 1 heterocycles. The Morgan fingerprint density at radius 3 is 2.62 bits per heavy atom. The van der Waals surface area contributed by atoms with Crippen LogP contribution in [0.25, 0.3) is 0 Å². The number of nitrogens with zero attached hydrogens (tertiary/aromatic N) is 2. The molecule has 1 saturated carbocycles. The minimum Gasteiger partial charge on any atom is -0.493 e. The lowest BCUT2D eigenvalue weighted by Gasteiger charge is -2.12. The number of aromatic nitrogens is 2. The van der Waals surface area contributed by atoms with Gasteiger partial charge < -0.3 is 10.5 Å². The minimum absolute atomic E-state index is 0.0718. The second-order valence-electron chi connectivity index (χ2n) is 4.52. The summed E-state index contributed by atoms with van der Waals surface area (Å²) in [5, 5.41) is 0. The lowest BCUT2D eigenvalue weighted by Crippen LogP contribution is -2.22. The SMILES string of the molecule is CCc1ncnc(CCC2(N)CC2)c1OC. The molecule has 0 saturated heterocycles. The Morgan fingerprint density at radius 1 is 1.38 bits per heavy atom. The fourth-order valence-corrected chi connectivity index (χ4v) is 1.90. The molecule has 16 heavy (non-hydrogen) atoms. The Hall–Kier alpha value is -1.16. The molecule has 0 atom stereocenters. The first-order chi connectivity index (χ1) is 7.68. The molecule has 4 heteroatoms. The van der Waals surface area contributed by atoms with Crippen LogP contribution in [0.15, 0.2) is 6.33 Å². The second kappa shape index (κ2) is 4.37. The Kier molecular flexibility index (Phi) is 3.10. The van der Waals surface area contributed by atoms with E-state index in [2.05, 4.69) is 16.9 Å². The van der Waals surface area contributed by atoms with Crippen molar-refractivity contribution in [3.8, 4) is 5.75 Å². The van der Waals surface area contributed by atoms with Crippen molar-refractivity contribution in [2.24, 2.45) is 5.73 Å². The van der Waals surface area contributed by atoms with E-state index in [-0.39, 0.29) is 5.54 Å². The van der Waals surface area contributed by atoms with Crippen LogP contribution in [0, 0.1) is 0 Å². The van der Waals surface area contributed by atoms with Crippen molar-refractivity contribution in [2.75, 3.05) is 7.11 Å². The third-order valence-electron chi connectivity index (χ3n) is 3.24. The predicted octanol–water partition coefficient (Wildman–Crippen LogP) is 1.47. The zero-order chi connectivity index (χ0) is 11.6. The average molecular weight is 221 g/mol. The summed E-state index contributed by atoms with van der Waals surface area (Å²) >= 11 is 0. The van der Waals surface area contributed by atoms with E-state index in [1.165, 1.54) is 0 Å². The molecule has 0 unspecified atom stereocenters. The molecule has 1 aromatic rings. The fraction of sp³-hybridized carbons (Fsp3) is 0.667. The molecule has 0 amide bonds. The van der Waals surface area contributed by atoms with Crippen LogP contribution in [-0.2, 0) is 12.8 Å². The predicted molar refractivity (Wildman–Crippen MR) is 62.4 cm³/mol. The van der Waals surface area contributed by atoms with Crippen LogP contribution in [-0.4, -0.2) is 22.6 Å². The Balaban J connectivity index is 2.12.